The van der Waals surface area contributed by atoms with E-state index in [9.17, 15) is 9.59 Å². The van der Waals surface area contributed by atoms with E-state index in [4.69, 9.17) is 10.5 Å². The largest absolute Gasteiger partial charge is 0.383 e. The molecule has 0 saturated carbocycles. The number of rotatable bonds is 7. The first kappa shape index (κ1) is 19.4. The van der Waals surface area contributed by atoms with Crippen LogP contribution in [0.15, 0.2) is 24.3 Å². The van der Waals surface area contributed by atoms with E-state index in [-0.39, 0.29) is 30.8 Å². The lowest BCUT2D eigenvalue weighted by molar-refractivity contribution is -0.123. The van der Waals surface area contributed by atoms with Gasteiger partial charge >= 0.3 is 0 Å². The Morgan fingerprint density at radius 3 is 2.33 bits per heavy atom. The van der Waals surface area contributed by atoms with Crippen LogP contribution >= 0.6 is 12.4 Å². The SMILES string of the molecule is COCC(N)C(=O)NCCNC(=O)c1ccc(C)cc1.Cl. The number of hydrogen-bond acceptors (Lipinski definition) is 4. The summed E-state index contributed by atoms with van der Waals surface area (Å²) >= 11 is 0. The highest BCUT2D eigenvalue weighted by molar-refractivity contribution is 5.94. The average Bonchev–Trinajstić information content (AvgIpc) is 2.44. The van der Waals surface area contributed by atoms with Crippen LogP contribution in [0.3, 0.4) is 0 Å². The molecule has 0 fully saturated rings. The number of ether oxygens (including phenoxy) is 1. The summed E-state index contributed by atoms with van der Waals surface area (Å²) in [4.78, 5) is 23.2. The van der Waals surface area contributed by atoms with Crippen molar-refractivity contribution in [3.05, 3.63) is 35.4 Å². The highest BCUT2D eigenvalue weighted by Gasteiger charge is 2.12. The van der Waals surface area contributed by atoms with Crippen molar-refractivity contribution in [2.45, 2.75) is 13.0 Å². The first-order valence-corrected chi connectivity index (χ1v) is 6.41. The molecule has 6 nitrogen and oxygen atoms in total. The van der Waals surface area contributed by atoms with E-state index in [1.54, 1.807) is 12.1 Å². The molecule has 0 bridgehead atoms. The summed E-state index contributed by atoms with van der Waals surface area (Å²) in [6, 6.07) is 6.59. The summed E-state index contributed by atoms with van der Waals surface area (Å²) in [7, 11) is 1.48. The van der Waals surface area contributed by atoms with Crippen molar-refractivity contribution >= 4 is 24.2 Å². The van der Waals surface area contributed by atoms with Gasteiger partial charge < -0.3 is 21.1 Å². The molecule has 0 radical (unpaired) electrons. The Labute approximate surface area is 130 Å². The lowest BCUT2D eigenvalue weighted by Gasteiger charge is -2.11. The van der Waals surface area contributed by atoms with Gasteiger partial charge in [0.1, 0.15) is 6.04 Å². The number of benzene rings is 1. The fourth-order valence-corrected chi connectivity index (χ4v) is 1.56. The Balaban J connectivity index is 0.00000400. The average molecular weight is 316 g/mol. The van der Waals surface area contributed by atoms with Crippen LogP contribution in [0.1, 0.15) is 15.9 Å². The number of nitrogens with one attached hydrogen (secondary N) is 2. The van der Waals surface area contributed by atoms with Crippen LogP contribution in [0.25, 0.3) is 0 Å². The van der Waals surface area contributed by atoms with E-state index < -0.39 is 6.04 Å². The molecular formula is C14H22ClN3O3. The smallest absolute Gasteiger partial charge is 0.251 e. The van der Waals surface area contributed by atoms with E-state index >= 15 is 0 Å². The summed E-state index contributed by atoms with van der Waals surface area (Å²) in [5.74, 6) is -0.461. The van der Waals surface area contributed by atoms with Crippen molar-refractivity contribution in [3.63, 3.8) is 0 Å². The summed E-state index contributed by atoms with van der Waals surface area (Å²) in [6.07, 6.45) is 0. The second-order valence-electron chi connectivity index (χ2n) is 4.47. The van der Waals surface area contributed by atoms with E-state index in [0.717, 1.165) is 5.56 Å². The molecule has 4 N–H and O–H groups in total. The predicted octanol–water partition coefficient (Wildman–Crippen LogP) is 0.237. The second kappa shape index (κ2) is 10.1. The van der Waals surface area contributed by atoms with Crippen molar-refractivity contribution in [2.75, 3.05) is 26.8 Å². The molecule has 0 aliphatic rings. The Bertz CT molecular complexity index is 451. The zero-order valence-electron chi connectivity index (χ0n) is 12.2. The zero-order chi connectivity index (χ0) is 15.0. The van der Waals surface area contributed by atoms with Gasteiger partial charge in [-0.3, -0.25) is 9.59 Å². The van der Waals surface area contributed by atoms with Gasteiger partial charge in [0.25, 0.3) is 5.91 Å². The third kappa shape index (κ3) is 7.08. The first-order chi connectivity index (χ1) is 9.54. The fraction of sp³-hybridized carbons (Fsp3) is 0.429. The highest BCUT2D eigenvalue weighted by atomic mass is 35.5. The van der Waals surface area contributed by atoms with Gasteiger partial charge in [-0.15, -0.1) is 12.4 Å². The number of halogens is 1. The number of hydrogen-bond donors (Lipinski definition) is 3. The van der Waals surface area contributed by atoms with E-state index in [1.807, 2.05) is 19.1 Å². The maximum Gasteiger partial charge on any atom is 0.251 e. The molecular weight excluding hydrogens is 294 g/mol. The Morgan fingerprint density at radius 1 is 1.19 bits per heavy atom. The quantitative estimate of drug-likeness (QED) is 0.628. The molecule has 1 aromatic rings. The van der Waals surface area contributed by atoms with Crippen LogP contribution in [-0.4, -0.2) is 44.7 Å². The molecule has 0 spiro atoms. The molecule has 118 valence electrons. The first-order valence-electron chi connectivity index (χ1n) is 6.41. The minimum Gasteiger partial charge on any atom is -0.383 e. The number of aryl methyl sites for hydroxylation is 1. The number of carbonyl (C=O) groups is 2. The van der Waals surface area contributed by atoms with Crippen LogP contribution in [0.2, 0.25) is 0 Å². The van der Waals surface area contributed by atoms with Gasteiger partial charge in [0, 0.05) is 25.8 Å². The molecule has 1 aromatic carbocycles. The van der Waals surface area contributed by atoms with Gasteiger partial charge in [0.05, 0.1) is 6.61 Å². The molecule has 7 heteroatoms. The number of amides is 2. The van der Waals surface area contributed by atoms with Gasteiger partial charge in [-0.1, -0.05) is 17.7 Å². The molecule has 0 aliphatic heterocycles. The molecule has 2 amide bonds. The van der Waals surface area contributed by atoms with Gasteiger partial charge in [-0.2, -0.15) is 0 Å². The number of nitrogens with two attached hydrogens (primary N) is 1. The minimum absolute atomic E-state index is 0. The van der Waals surface area contributed by atoms with Crippen molar-refractivity contribution in [2.24, 2.45) is 5.73 Å². The van der Waals surface area contributed by atoms with E-state index in [1.165, 1.54) is 7.11 Å². The van der Waals surface area contributed by atoms with Gasteiger partial charge in [-0.25, -0.2) is 0 Å². The minimum atomic E-state index is -0.687. The second-order valence-corrected chi connectivity index (χ2v) is 4.47. The molecule has 0 heterocycles. The lowest BCUT2D eigenvalue weighted by atomic mass is 10.1. The zero-order valence-corrected chi connectivity index (χ0v) is 13.0. The number of methoxy groups -OCH3 is 1. The van der Waals surface area contributed by atoms with Crippen LogP contribution < -0.4 is 16.4 Å². The predicted molar refractivity (Wildman–Crippen MR) is 83.6 cm³/mol. The molecule has 0 aliphatic carbocycles. The molecule has 1 atom stereocenters. The van der Waals surface area contributed by atoms with Gasteiger partial charge in [0.15, 0.2) is 0 Å². The Morgan fingerprint density at radius 2 is 1.76 bits per heavy atom. The van der Waals surface area contributed by atoms with Crippen LogP contribution in [-0.2, 0) is 9.53 Å². The number of carbonyl (C=O) groups excluding carboxylic acids is 2. The summed E-state index contributed by atoms with van der Waals surface area (Å²) in [5, 5.41) is 5.34. The third-order valence-corrected chi connectivity index (χ3v) is 2.71. The standard InChI is InChI=1S/C14H21N3O3.ClH/c1-10-3-5-11(6-4-10)13(18)16-7-8-17-14(19)12(15)9-20-2;/h3-6,12H,7-9,15H2,1-2H3,(H,16,18)(H,17,19);1H. The molecule has 1 rings (SSSR count). The summed E-state index contributed by atoms with van der Waals surface area (Å²) in [6.45, 7) is 2.80. The molecule has 0 saturated heterocycles. The van der Waals surface area contributed by atoms with E-state index in [2.05, 4.69) is 10.6 Å². The summed E-state index contributed by atoms with van der Waals surface area (Å²) in [5.41, 5.74) is 7.24. The van der Waals surface area contributed by atoms with E-state index in [0.29, 0.717) is 18.7 Å². The van der Waals surface area contributed by atoms with Crippen molar-refractivity contribution in [1.82, 2.24) is 10.6 Å². The van der Waals surface area contributed by atoms with Gasteiger partial charge in [0.2, 0.25) is 5.91 Å². The maximum atomic E-state index is 11.8. The lowest BCUT2D eigenvalue weighted by Crippen LogP contribution is -2.45. The molecule has 21 heavy (non-hydrogen) atoms. The molecule has 0 aromatic heterocycles. The van der Waals surface area contributed by atoms with Crippen LogP contribution in [0, 0.1) is 6.92 Å². The summed E-state index contributed by atoms with van der Waals surface area (Å²) < 4.78 is 4.78. The highest BCUT2D eigenvalue weighted by Crippen LogP contribution is 2.02. The van der Waals surface area contributed by atoms with Crippen molar-refractivity contribution < 1.29 is 14.3 Å². The monoisotopic (exact) mass is 315 g/mol. The van der Waals surface area contributed by atoms with Crippen molar-refractivity contribution in [3.8, 4) is 0 Å². The third-order valence-electron chi connectivity index (χ3n) is 2.71. The topological polar surface area (TPSA) is 93.4 Å². The Hall–Kier alpha value is -1.63. The maximum absolute atomic E-state index is 11.8. The Kier molecular flexibility index (Phi) is 9.36. The normalized spacial score (nSPS) is 11.2. The van der Waals surface area contributed by atoms with Crippen LogP contribution in [0.5, 0.6) is 0 Å². The molecule has 1 unspecified atom stereocenters. The fourth-order valence-electron chi connectivity index (χ4n) is 1.56. The van der Waals surface area contributed by atoms with Gasteiger partial charge in [-0.05, 0) is 19.1 Å². The van der Waals surface area contributed by atoms with Crippen LogP contribution in [0.4, 0.5) is 0 Å². The van der Waals surface area contributed by atoms with Crippen molar-refractivity contribution in [1.29, 1.82) is 0 Å².